The van der Waals surface area contributed by atoms with E-state index in [1.54, 1.807) is 14.2 Å². The van der Waals surface area contributed by atoms with E-state index >= 15 is 0 Å². The molecule has 2 unspecified atom stereocenters. The molecule has 6 nitrogen and oxygen atoms in total. The summed E-state index contributed by atoms with van der Waals surface area (Å²) in [4.78, 5) is 27.4. The Morgan fingerprint density at radius 3 is 2.32 bits per heavy atom. The Hall–Kier alpha value is -1.92. The Kier molecular flexibility index (Phi) is 7.45. The highest BCUT2D eigenvalue weighted by atomic mass is 16.7. The number of ether oxygens (including phenoxy) is 3. The predicted molar refractivity (Wildman–Crippen MR) is 105 cm³/mol. The van der Waals surface area contributed by atoms with Crippen molar-refractivity contribution in [3.05, 3.63) is 35.9 Å². The Morgan fingerprint density at radius 2 is 1.71 bits per heavy atom. The van der Waals surface area contributed by atoms with E-state index in [1.807, 2.05) is 35.2 Å². The molecule has 1 amide bonds. The van der Waals surface area contributed by atoms with Gasteiger partial charge in [-0.25, -0.2) is 4.79 Å². The first-order valence-corrected chi connectivity index (χ1v) is 10.2. The molecule has 154 valence electrons. The molecule has 2 atom stereocenters. The Balaban J connectivity index is 1.55. The van der Waals surface area contributed by atoms with E-state index in [-0.39, 0.29) is 42.8 Å². The van der Waals surface area contributed by atoms with E-state index in [9.17, 15) is 9.59 Å². The molecule has 0 radical (unpaired) electrons. The van der Waals surface area contributed by atoms with Crippen LogP contribution >= 0.6 is 0 Å². The van der Waals surface area contributed by atoms with Gasteiger partial charge in [0.05, 0.1) is 0 Å². The highest BCUT2D eigenvalue weighted by Gasteiger charge is 2.43. The van der Waals surface area contributed by atoms with Crippen LogP contribution in [0.25, 0.3) is 0 Å². The zero-order valence-corrected chi connectivity index (χ0v) is 16.8. The minimum Gasteiger partial charge on any atom is -0.445 e. The third-order valence-corrected chi connectivity index (χ3v) is 6.00. The molecule has 2 saturated heterocycles. The number of fused-ring (bicyclic) bond motifs is 2. The lowest BCUT2D eigenvalue weighted by Crippen LogP contribution is -2.55. The van der Waals surface area contributed by atoms with Crippen molar-refractivity contribution in [2.75, 3.05) is 14.2 Å². The number of amides is 1. The van der Waals surface area contributed by atoms with Gasteiger partial charge in [-0.3, -0.25) is 4.79 Å². The molecular formula is C22H31NO5. The van der Waals surface area contributed by atoms with Crippen molar-refractivity contribution in [1.82, 2.24) is 4.90 Å². The van der Waals surface area contributed by atoms with Crippen LogP contribution in [0.1, 0.15) is 50.5 Å². The zero-order valence-electron chi connectivity index (χ0n) is 16.8. The number of piperidine rings is 2. The van der Waals surface area contributed by atoms with Crippen molar-refractivity contribution in [3.63, 3.8) is 0 Å². The number of carbonyl (C=O) groups is 2. The molecule has 2 heterocycles. The number of hydrogen-bond donors (Lipinski definition) is 0. The van der Waals surface area contributed by atoms with Gasteiger partial charge >= 0.3 is 6.09 Å². The van der Waals surface area contributed by atoms with Crippen LogP contribution in [0.4, 0.5) is 4.79 Å². The van der Waals surface area contributed by atoms with Gasteiger partial charge in [-0.1, -0.05) is 30.3 Å². The lowest BCUT2D eigenvalue weighted by atomic mass is 9.76. The molecule has 2 aliphatic rings. The van der Waals surface area contributed by atoms with E-state index < -0.39 is 0 Å². The van der Waals surface area contributed by atoms with Gasteiger partial charge in [0.15, 0.2) is 6.29 Å². The molecule has 0 spiro atoms. The maximum absolute atomic E-state index is 12.7. The molecular weight excluding hydrogens is 358 g/mol. The normalized spacial score (nSPS) is 24.2. The highest BCUT2D eigenvalue weighted by Crippen LogP contribution is 2.38. The van der Waals surface area contributed by atoms with Crippen LogP contribution in [-0.4, -0.2) is 49.4 Å². The maximum Gasteiger partial charge on any atom is 0.410 e. The number of benzene rings is 1. The summed E-state index contributed by atoms with van der Waals surface area (Å²) in [7, 11) is 3.17. The van der Waals surface area contributed by atoms with Crippen molar-refractivity contribution in [1.29, 1.82) is 0 Å². The van der Waals surface area contributed by atoms with E-state index in [4.69, 9.17) is 14.2 Å². The maximum atomic E-state index is 12.7. The van der Waals surface area contributed by atoms with Crippen molar-refractivity contribution in [2.24, 2.45) is 5.92 Å². The minimum atomic E-state index is -0.337. The van der Waals surface area contributed by atoms with E-state index in [2.05, 4.69) is 0 Å². The van der Waals surface area contributed by atoms with Gasteiger partial charge in [0, 0.05) is 45.1 Å². The third-order valence-electron chi connectivity index (χ3n) is 6.00. The highest BCUT2D eigenvalue weighted by molar-refractivity contribution is 5.81. The molecule has 3 rings (SSSR count). The monoisotopic (exact) mass is 389 g/mol. The van der Waals surface area contributed by atoms with Crippen LogP contribution < -0.4 is 0 Å². The molecule has 6 heteroatoms. The van der Waals surface area contributed by atoms with Crippen LogP contribution in [0.2, 0.25) is 0 Å². The third kappa shape index (κ3) is 5.11. The summed E-state index contributed by atoms with van der Waals surface area (Å²) in [6.45, 7) is 0.285. The average molecular weight is 389 g/mol. The van der Waals surface area contributed by atoms with Crippen LogP contribution in [0, 0.1) is 5.92 Å². The molecule has 2 aliphatic heterocycles. The molecule has 1 aromatic rings. The van der Waals surface area contributed by atoms with Gasteiger partial charge in [0.25, 0.3) is 0 Å². The first-order valence-electron chi connectivity index (χ1n) is 10.2. The van der Waals surface area contributed by atoms with E-state index in [0.29, 0.717) is 12.8 Å². The van der Waals surface area contributed by atoms with Crippen molar-refractivity contribution < 1.29 is 23.8 Å². The number of Topliss-reactive ketones (excluding diaryl/α,β-unsaturated/α-hetero) is 1. The molecule has 0 saturated carbocycles. The van der Waals surface area contributed by atoms with Gasteiger partial charge < -0.3 is 19.1 Å². The minimum absolute atomic E-state index is 0.0165. The second-order valence-electron chi connectivity index (χ2n) is 7.76. The summed E-state index contributed by atoms with van der Waals surface area (Å²) in [5.41, 5.74) is 0.983. The van der Waals surface area contributed by atoms with Crippen molar-refractivity contribution >= 4 is 11.9 Å². The summed E-state index contributed by atoms with van der Waals surface area (Å²) >= 11 is 0. The first-order chi connectivity index (χ1) is 13.6. The number of carbonyl (C=O) groups excluding carboxylic acids is 2. The van der Waals surface area contributed by atoms with Crippen LogP contribution in [0.15, 0.2) is 30.3 Å². The summed E-state index contributed by atoms with van der Waals surface area (Å²) < 4.78 is 15.9. The fourth-order valence-electron chi connectivity index (χ4n) is 4.53. The fraction of sp³-hybridized carbons (Fsp3) is 0.636. The van der Waals surface area contributed by atoms with Crippen LogP contribution in [0.3, 0.4) is 0 Å². The molecule has 2 fully saturated rings. The second kappa shape index (κ2) is 10.0. The summed E-state index contributed by atoms with van der Waals surface area (Å²) in [6, 6.07) is 9.92. The van der Waals surface area contributed by atoms with Gasteiger partial charge in [0.1, 0.15) is 12.4 Å². The molecule has 0 aliphatic carbocycles. The molecule has 0 aromatic heterocycles. The quantitative estimate of drug-likeness (QED) is 0.631. The Labute approximate surface area is 167 Å². The van der Waals surface area contributed by atoms with Gasteiger partial charge in [-0.05, 0) is 37.7 Å². The fourth-order valence-corrected chi connectivity index (χ4v) is 4.53. The summed E-state index contributed by atoms with van der Waals surface area (Å²) in [6.07, 6.45) is 4.91. The number of rotatable bonds is 8. The van der Waals surface area contributed by atoms with Gasteiger partial charge in [0.2, 0.25) is 0 Å². The van der Waals surface area contributed by atoms with Crippen molar-refractivity contribution in [2.45, 2.75) is 69.9 Å². The number of hydrogen-bond acceptors (Lipinski definition) is 5. The lowest BCUT2D eigenvalue weighted by molar-refractivity contribution is -0.133. The van der Waals surface area contributed by atoms with E-state index in [0.717, 1.165) is 37.7 Å². The second-order valence-corrected chi connectivity index (χ2v) is 7.76. The van der Waals surface area contributed by atoms with Crippen LogP contribution in [0.5, 0.6) is 0 Å². The van der Waals surface area contributed by atoms with E-state index in [1.165, 1.54) is 0 Å². The molecule has 1 aromatic carbocycles. The van der Waals surface area contributed by atoms with Gasteiger partial charge in [-0.15, -0.1) is 0 Å². The zero-order chi connectivity index (χ0) is 19.9. The number of methoxy groups -OCH3 is 2. The van der Waals surface area contributed by atoms with Crippen molar-refractivity contribution in [3.8, 4) is 0 Å². The topological polar surface area (TPSA) is 65.1 Å². The number of nitrogens with zero attached hydrogens (tertiary/aromatic N) is 1. The number of ketones is 1. The Bertz CT molecular complexity index is 632. The molecule has 0 N–H and O–H groups in total. The first kappa shape index (κ1) is 20.8. The molecule has 28 heavy (non-hydrogen) atoms. The van der Waals surface area contributed by atoms with Gasteiger partial charge in [-0.2, -0.15) is 0 Å². The summed E-state index contributed by atoms with van der Waals surface area (Å²) in [5, 5.41) is 0. The Morgan fingerprint density at radius 1 is 1.07 bits per heavy atom. The standard InChI is InChI=1S/C22H31NO5/c1-26-21(27-2)12-11-20(24)17-13-18-9-6-10-19(14-17)23(18)22(25)28-15-16-7-4-3-5-8-16/h3-5,7-8,17-19,21H,6,9-15H2,1-2H3. The van der Waals surface area contributed by atoms with Crippen LogP contribution in [-0.2, 0) is 25.6 Å². The molecule has 2 bridgehead atoms. The average Bonchev–Trinajstić information content (AvgIpc) is 2.72. The summed E-state index contributed by atoms with van der Waals surface area (Å²) in [5.74, 6) is 0.274. The SMILES string of the molecule is COC(CCC(=O)C1CC2CCCC(C1)N2C(=O)OCc1ccccc1)OC. The predicted octanol–water partition coefficient (Wildman–Crippen LogP) is 3.92. The largest absolute Gasteiger partial charge is 0.445 e. The lowest BCUT2D eigenvalue weighted by Gasteiger charge is -2.47. The smallest absolute Gasteiger partial charge is 0.410 e.